The predicted molar refractivity (Wildman–Crippen MR) is 69.2 cm³/mol. The fourth-order valence-electron chi connectivity index (χ4n) is 1.60. The third-order valence-electron chi connectivity index (χ3n) is 2.54. The Kier molecular flexibility index (Phi) is 3.58. The Morgan fingerprint density at radius 1 is 1.44 bits per heavy atom. The van der Waals surface area contributed by atoms with Gasteiger partial charge in [-0.25, -0.2) is 4.79 Å². The second-order valence-electron chi connectivity index (χ2n) is 3.86. The molecule has 2 rings (SSSR count). The fraction of sp³-hybridized carbons (Fsp3) is 0.154. The van der Waals surface area contributed by atoms with Crippen LogP contribution in [0.1, 0.15) is 21.9 Å². The number of hydrogen-bond acceptors (Lipinski definition) is 3. The van der Waals surface area contributed by atoms with E-state index in [1.807, 2.05) is 12.1 Å². The highest BCUT2D eigenvalue weighted by Crippen LogP contribution is 2.19. The van der Waals surface area contributed by atoms with Gasteiger partial charge < -0.3 is 14.8 Å². The van der Waals surface area contributed by atoms with E-state index in [2.05, 4.69) is 5.32 Å². The number of aromatic carboxylic acids is 1. The van der Waals surface area contributed by atoms with Gasteiger partial charge in [0.2, 0.25) is 5.76 Å². The Labute approximate surface area is 109 Å². The number of anilines is 1. The van der Waals surface area contributed by atoms with Gasteiger partial charge in [-0.2, -0.15) is 0 Å². The lowest BCUT2D eigenvalue weighted by molar-refractivity contribution is 0.0661. The molecule has 18 heavy (non-hydrogen) atoms. The van der Waals surface area contributed by atoms with Crippen molar-refractivity contribution in [3.05, 3.63) is 52.4 Å². The van der Waals surface area contributed by atoms with Crippen LogP contribution >= 0.6 is 11.6 Å². The second-order valence-corrected chi connectivity index (χ2v) is 4.30. The first-order valence-electron chi connectivity index (χ1n) is 5.38. The van der Waals surface area contributed by atoms with Crippen molar-refractivity contribution < 1.29 is 14.3 Å². The second kappa shape index (κ2) is 5.14. The van der Waals surface area contributed by atoms with E-state index in [-0.39, 0.29) is 5.76 Å². The monoisotopic (exact) mass is 265 g/mol. The standard InChI is InChI=1S/C13H12ClNO3/c1-8-9(5-12(18-8)13(16)17)7-15-11-4-2-3-10(14)6-11/h2-6,15H,7H2,1H3,(H,16,17). The van der Waals surface area contributed by atoms with Crippen molar-refractivity contribution in [2.24, 2.45) is 0 Å². The Morgan fingerprint density at radius 2 is 2.22 bits per heavy atom. The third-order valence-corrected chi connectivity index (χ3v) is 2.77. The van der Waals surface area contributed by atoms with Crippen LogP contribution in [0.25, 0.3) is 0 Å². The summed E-state index contributed by atoms with van der Waals surface area (Å²) in [6, 6.07) is 8.84. The summed E-state index contributed by atoms with van der Waals surface area (Å²) in [6.45, 7) is 2.23. The zero-order valence-electron chi connectivity index (χ0n) is 9.74. The summed E-state index contributed by atoms with van der Waals surface area (Å²) < 4.78 is 5.12. The number of halogens is 1. The van der Waals surface area contributed by atoms with Crippen molar-refractivity contribution in [3.8, 4) is 0 Å². The van der Waals surface area contributed by atoms with Crippen molar-refractivity contribution in [1.29, 1.82) is 0 Å². The van der Waals surface area contributed by atoms with Gasteiger partial charge in [-0.1, -0.05) is 17.7 Å². The molecule has 0 aliphatic carbocycles. The third kappa shape index (κ3) is 2.84. The summed E-state index contributed by atoms with van der Waals surface area (Å²) in [7, 11) is 0. The molecule has 2 N–H and O–H groups in total. The van der Waals surface area contributed by atoms with E-state index in [9.17, 15) is 4.79 Å². The molecular weight excluding hydrogens is 254 g/mol. The van der Waals surface area contributed by atoms with Crippen LogP contribution in [-0.4, -0.2) is 11.1 Å². The van der Waals surface area contributed by atoms with Crippen LogP contribution in [0.3, 0.4) is 0 Å². The molecule has 0 aliphatic heterocycles. The molecule has 0 atom stereocenters. The Balaban J connectivity index is 2.08. The van der Waals surface area contributed by atoms with Crippen molar-refractivity contribution >= 4 is 23.3 Å². The summed E-state index contributed by atoms with van der Waals surface area (Å²) in [6.07, 6.45) is 0. The Bertz CT molecular complexity index is 577. The first-order chi connectivity index (χ1) is 8.56. The van der Waals surface area contributed by atoms with Crippen molar-refractivity contribution in [3.63, 3.8) is 0 Å². The van der Waals surface area contributed by atoms with Crippen LogP contribution in [0.15, 0.2) is 34.7 Å². The molecule has 1 aromatic heterocycles. The number of hydrogen-bond donors (Lipinski definition) is 2. The lowest BCUT2D eigenvalue weighted by Gasteiger charge is -2.05. The van der Waals surface area contributed by atoms with Gasteiger partial charge in [-0.05, 0) is 31.2 Å². The normalized spacial score (nSPS) is 10.3. The molecule has 0 bridgehead atoms. The maximum Gasteiger partial charge on any atom is 0.371 e. The molecule has 0 aliphatic rings. The lowest BCUT2D eigenvalue weighted by atomic mass is 10.2. The van der Waals surface area contributed by atoms with Crippen LogP contribution in [0.5, 0.6) is 0 Å². The number of aryl methyl sites for hydroxylation is 1. The summed E-state index contributed by atoms with van der Waals surface area (Å²) in [5.41, 5.74) is 1.69. The highest BCUT2D eigenvalue weighted by Gasteiger charge is 2.12. The average molecular weight is 266 g/mol. The SMILES string of the molecule is Cc1oc(C(=O)O)cc1CNc1cccc(Cl)c1. The minimum Gasteiger partial charge on any atom is -0.475 e. The van der Waals surface area contributed by atoms with E-state index in [0.717, 1.165) is 11.3 Å². The first kappa shape index (κ1) is 12.5. The van der Waals surface area contributed by atoms with E-state index in [4.69, 9.17) is 21.1 Å². The Hall–Kier alpha value is -1.94. The zero-order valence-corrected chi connectivity index (χ0v) is 10.5. The van der Waals surface area contributed by atoms with Crippen LogP contribution in [0, 0.1) is 6.92 Å². The number of nitrogens with one attached hydrogen (secondary N) is 1. The molecule has 2 aromatic rings. The van der Waals surface area contributed by atoms with Crippen LogP contribution < -0.4 is 5.32 Å². The van der Waals surface area contributed by atoms with E-state index in [1.54, 1.807) is 19.1 Å². The van der Waals surface area contributed by atoms with Crippen molar-refractivity contribution in [1.82, 2.24) is 0 Å². The van der Waals surface area contributed by atoms with Crippen LogP contribution in [0.4, 0.5) is 5.69 Å². The summed E-state index contributed by atoms with van der Waals surface area (Å²) in [5, 5.41) is 12.6. The molecule has 1 heterocycles. The van der Waals surface area contributed by atoms with Gasteiger partial charge in [0.05, 0.1) is 0 Å². The zero-order chi connectivity index (χ0) is 13.1. The molecule has 94 valence electrons. The van der Waals surface area contributed by atoms with Gasteiger partial charge in [0.15, 0.2) is 0 Å². The van der Waals surface area contributed by atoms with Gasteiger partial charge >= 0.3 is 5.97 Å². The summed E-state index contributed by atoms with van der Waals surface area (Å²) >= 11 is 5.87. The molecule has 0 amide bonds. The van der Waals surface area contributed by atoms with E-state index >= 15 is 0 Å². The minimum absolute atomic E-state index is 0.0459. The van der Waals surface area contributed by atoms with Crippen molar-refractivity contribution in [2.75, 3.05) is 5.32 Å². The van der Waals surface area contributed by atoms with Crippen LogP contribution in [0.2, 0.25) is 5.02 Å². The van der Waals surface area contributed by atoms with Crippen molar-refractivity contribution in [2.45, 2.75) is 13.5 Å². The number of carboxylic acid groups (broad SMARTS) is 1. The molecule has 5 heteroatoms. The molecule has 0 radical (unpaired) electrons. The minimum atomic E-state index is -1.06. The molecule has 1 aromatic carbocycles. The largest absolute Gasteiger partial charge is 0.475 e. The maximum atomic E-state index is 10.8. The van der Waals surface area contributed by atoms with E-state index in [0.29, 0.717) is 17.3 Å². The fourth-order valence-corrected chi connectivity index (χ4v) is 1.79. The molecular formula is C13H12ClNO3. The predicted octanol–water partition coefficient (Wildman–Crippen LogP) is 3.55. The van der Waals surface area contributed by atoms with Gasteiger partial charge in [0.1, 0.15) is 5.76 Å². The van der Waals surface area contributed by atoms with Gasteiger partial charge in [0.25, 0.3) is 0 Å². The van der Waals surface area contributed by atoms with E-state index < -0.39 is 5.97 Å². The number of rotatable bonds is 4. The number of furan rings is 1. The smallest absolute Gasteiger partial charge is 0.371 e. The molecule has 0 spiro atoms. The van der Waals surface area contributed by atoms with Gasteiger partial charge in [0, 0.05) is 22.8 Å². The number of carbonyl (C=O) groups is 1. The summed E-state index contributed by atoms with van der Waals surface area (Å²) in [4.78, 5) is 10.8. The highest BCUT2D eigenvalue weighted by atomic mass is 35.5. The molecule has 0 unspecified atom stereocenters. The molecule has 0 saturated heterocycles. The highest BCUT2D eigenvalue weighted by molar-refractivity contribution is 6.30. The average Bonchev–Trinajstić information content (AvgIpc) is 2.68. The summed E-state index contributed by atoms with van der Waals surface area (Å²) in [5.74, 6) is -0.510. The number of benzene rings is 1. The van der Waals surface area contributed by atoms with E-state index in [1.165, 1.54) is 6.07 Å². The molecule has 0 fully saturated rings. The lowest BCUT2D eigenvalue weighted by Crippen LogP contribution is -1.99. The maximum absolute atomic E-state index is 10.8. The quantitative estimate of drug-likeness (QED) is 0.887. The van der Waals surface area contributed by atoms with Gasteiger partial charge in [-0.15, -0.1) is 0 Å². The topological polar surface area (TPSA) is 62.5 Å². The van der Waals surface area contributed by atoms with Crippen LogP contribution in [-0.2, 0) is 6.54 Å². The molecule has 4 nitrogen and oxygen atoms in total. The molecule has 0 saturated carbocycles. The number of carboxylic acids is 1. The Morgan fingerprint density at radius 3 is 2.83 bits per heavy atom. The first-order valence-corrected chi connectivity index (χ1v) is 5.76. The van der Waals surface area contributed by atoms with Gasteiger partial charge in [-0.3, -0.25) is 0 Å².